The largest absolute Gasteiger partial charge is 0.335 e. The molecule has 0 spiro atoms. The Morgan fingerprint density at radius 1 is 1.31 bits per heavy atom. The summed E-state index contributed by atoms with van der Waals surface area (Å²) in [5.74, 6) is -0.141. The summed E-state index contributed by atoms with van der Waals surface area (Å²) < 4.78 is 6.42. The number of carbonyl (C=O) groups excluding carboxylic acids is 1. The molecule has 2 aromatic heterocycles. The minimum Gasteiger partial charge on any atom is -0.335 e. The normalized spacial score (nSPS) is 12.3. The third-order valence-electron chi connectivity index (χ3n) is 4.50. The highest BCUT2D eigenvalue weighted by Crippen LogP contribution is 2.22. The lowest BCUT2D eigenvalue weighted by Gasteiger charge is -2.27. The monoisotopic (exact) mass is 354 g/mol. The number of amides is 1. The molecule has 0 aliphatic rings. The van der Waals surface area contributed by atoms with E-state index in [0.29, 0.717) is 24.0 Å². The third kappa shape index (κ3) is 3.00. The molecule has 0 unspecified atom stereocenters. The first-order chi connectivity index (χ1) is 12.5. The Balaban J connectivity index is 2.05. The maximum atomic E-state index is 13.2. The number of benzene rings is 1. The van der Waals surface area contributed by atoms with Crippen LogP contribution in [0.4, 0.5) is 5.69 Å². The first kappa shape index (κ1) is 17.8. The average Bonchev–Trinajstić information content (AvgIpc) is 3.00. The second kappa shape index (κ2) is 7.11. The van der Waals surface area contributed by atoms with Crippen LogP contribution < -0.4 is 10.5 Å². The van der Waals surface area contributed by atoms with Gasteiger partial charge in [-0.25, -0.2) is 4.98 Å². The molecule has 0 radical (unpaired) electrons. The lowest BCUT2D eigenvalue weighted by molar-refractivity contribution is -0.121. The van der Waals surface area contributed by atoms with E-state index in [1.165, 1.54) is 10.9 Å². The molecular formula is C19H22N4O3. The van der Waals surface area contributed by atoms with Crippen LogP contribution in [0.25, 0.3) is 11.1 Å². The zero-order valence-corrected chi connectivity index (χ0v) is 15.4. The van der Waals surface area contributed by atoms with E-state index in [4.69, 9.17) is 4.52 Å². The molecular weight excluding hydrogens is 332 g/mol. The Kier molecular flexibility index (Phi) is 4.88. The van der Waals surface area contributed by atoms with Gasteiger partial charge in [0.15, 0.2) is 0 Å². The van der Waals surface area contributed by atoms with Crippen LogP contribution in [0, 0.1) is 13.8 Å². The highest BCUT2D eigenvalue weighted by Gasteiger charge is 2.27. The van der Waals surface area contributed by atoms with Gasteiger partial charge in [0.2, 0.25) is 5.91 Å². The quantitative estimate of drug-likeness (QED) is 0.703. The SMILES string of the molecule is CC[C@@H](C(=O)N(CC)c1cccc(C)c1)n1cnc2onc(C)c2c1=O. The van der Waals surface area contributed by atoms with E-state index in [0.717, 1.165) is 11.3 Å². The smallest absolute Gasteiger partial charge is 0.267 e. The summed E-state index contributed by atoms with van der Waals surface area (Å²) in [5.41, 5.74) is 2.24. The number of rotatable bonds is 5. The van der Waals surface area contributed by atoms with Gasteiger partial charge in [0.25, 0.3) is 11.3 Å². The van der Waals surface area contributed by atoms with Crippen molar-refractivity contribution in [3.05, 3.63) is 52.2 Å². The molecule has 2 heterocycles. The van der Waals surface area contributed by atoms with Gasteiger partial charge in [-0.1, -0.05) is 24.2 Å². The molecule has 0 N–H and O–H groups in total. The maximum Gasteiger partial charge on any atom is 0.267 e. The Labute approximate surface area is 151 Å². The van der Waals surface area contributed by atoms with Crippen molar-refractivity contribution >= 4 is 22.7 Å². The maximum absolute atomic E-state index is 13.2. The topological polar surface area (TPSA) is 81.2 Å². The fourth-order valence-electron chi connectivity index (χ4n) is 3.14. The fraction of sp³-hybridized carbons (Fsp3) is 0.368. The van der Waals surface area contributed by atoms with Crippen molar-refractivity contribution < 1.29 is 9.32 Å². The van der Waals surface area contributed by atoms with Gasteiger partial charge >= 0.3 is 0 Å². The van der Waals surface area contributed by atoms with Crippen molar-refractivity contribution in [2.75, 3.05) is 11.4 Å². The van der Waals surface area contributed by atoms with Gasteiger partial charge in [0.1, 0.15) is 17.8 Å². The number of aryl methyl sites for hydroxylation is 2. The Morgan fingerprint density at radius 2 is 2.08 bits per heavy atom. The summed E-state index contributed by atoms with van der Waals surface area (Å²) in [6, 6.07) is 7.12. The molecule has 0 bridgehead atoms. The molecule has 3 aromatic rings. The molecule has 0 aliphatic carbocycles. The predicted molar refractivity (Wildman–Crippen MR) is 99.3 cm³/mol. The number of likely N-dealkylation sites (N-methyl/N-ethyl adjacent to an activating group) is 1. The lowest BCUT2D eigenvalue weighted by Crippen LogP contribution is -2.40. The molecule has 7 nitrogen and oxygen atoms in total. The Hall–Kier alpha value is -2.96. The van der Waals surface area contributed by atoms with E-state index in [-0.39, 0.29) is 17.2 Å². The number of hydrogen-bond acceptors (Lipinski definition) is 5. The summed E-state index contributed by atoms with van der Waals surface area (Å²) in [6.07, 6.45) is 1.84. The molecule has 1 atom stereocenters. The molecule has 0 fully saturated rings. The third-order valence-corrected chi connectivity index (χ3v) is 4.50. The van der Waals surface area contributed by atoms with Crippen LogP contribution in [0.3, 0.4) is 0 Å². The van der Waals surface area contributed by atoms with Crippen LogP contribution in [0.5, 0.6) is 0 Å². The predicted octanol–water partition coefficient (Wildman–Crippen LogP) is 3.01. The van der Waals surface area contributed by atoms with Gasteiger partial charge < -0.3 is 9.42 Å². The zero-order chi connectivity index (χ0) is 18.8. The van der Waals surface area contributed by atoms with Crippen molar-refractivity contribution in [2.45, 2.75) is 40.2 Å². The first-order valence-corrected chi connectivity index (χ1v) is 8.69. The van der Waals surface area contributed by atoms with Crippen molar-refractivity contribution in [1.29, 1.82) is 0 Å². The first-order valence-electron chi connectivity index (χ1n) is 8.69. The molecule has 0 saturated carbocycles. The Morgan fingerprint density at radius 3 is 2.73 bits per heavy atom. The fourth-order valence-corrected chi connectivity index (χ4v) is 3.14. The van der Waals surface area contributed by atoms with E-state index in [1.807, 2.05) is 45.0 Å². The lowest BCUT2D eigenvalue weighted by atomic mass is 10.1. The molecule has 0 saturated heterocycles. The molecule has 3 rings (SSSR count). The second-order valence-corrected chi connectivity index (χ2v) is 6.25. The number of anilines is 1. The number of carbonyl (C=O) groups is 1. The number of nitrogens with zero attached hydrogens (tertiary/aromatic N) is 4. The van der Waals surface area contributed by atoms with Crippen LogP contribution in [0.15, 0.2) is 39.9 Å². The Bertz CT molecular complexity index is 1010. The van der Waals surface area contributed by atoms with Crippen LogP contribution in [-0.2, 0) is 4.79 Å². The standard InChI is InChI=1S/C19H22N4O3/c1-5-15(18(24)22(6-2)14-9-7-8-12(3)10-14)23-11-20-17-16(19(23)25)13(4)21-26-17/h7-11,15H,5-6H2,1-4H3/t15-/m0/s1. The van der Waals surface area contributed by atoms with Crippen molar-refractivity contribution in [2.24, 2.45) is 0 Å². The molecule has 26 heavy (non-hydrogen) atoms. The average molecular weight is 354 g/mol. The number of aromatic nitrogens is 3. The van der Waals surface area contributed by atoms with E-state index in [1.54, 1.807) is 11.8 Å². The summed E-state index contributed by atoms with van der Waals surface area (Å²) in [5, 5.41) is 4.11. The van der Waals surface area contributed by atoms with Crippen molar-refractivity contribution in [3.63, 3.8) is 0 Å². The van der Waals surface area contributed by atoms with Crippen LogP contribution in [-0.4, -0.2) is 27.2 Å². The zero-order valence-electron chi connectivity index (χ0n) is 15.4. The molecule has 1 aromatic carbocycles. The van der Waals surface area contributed by atoms with Gasteiger partial charge in [-0.3, -0.25) is 14.2 Å². The molecule has 1 amide bonds. The summed E-state index contributed by atoms with van der Waals surface area (Å²) in [4.78, 5) is 31.9. The number of fused-ring (bicyclic) bond motifs is 1. The summed E-state index contributed by atoms with van der Waals surface area (Å²) >= 11 is 0. The van der Waals surface area contributed by atoms with E-state index in [2.05, 4.69) is 10.1 Å². The highest BCUT2D eigenvalue weighted by molar-refractivity contribution is 5.96. The van der Waals surface area contributed by atoms with Crippen molar-refractivity contribution in [1.82, 2.24) is 14.7 Å². The number of hydrogen-bond donors (Lipinski definition) is 0. The van der Waals surface area contributed by atoms with Gasteiger partial charge in [-0.05, 0) is 44.9 Å². The van der Waals surface area contributed by atoms with E-state index >= 15 is 0 Å². The molecule has 7 heteroatoms. The van der Waals surface area contributed by atoms with Crippen molar-refractivity contribution in [3.8, 4) is 0 Å². The summed E-state index contributed by atoms with van der Waals surface area (Å²) in [7, 11) is 0. The van der Waals surface area contributed by atoms with Crippen LogP contribution >= 0.6 is 0 Å². The second-order valence-electron chi connectivity index (χ2n) is 6.25. The van der Waals surface area contributed by atoms with Gasteiger partial charge in [-0.15, -0.1) is 0 Å². The van der Waals surface area contributed by atoms with Crippen LogP contribution in [0.1, 0.15) is 37.6 Å². The minimum atomic E-state index is -0.644. The highest BCUT2D eigenvalue weighted by atomic mass is 16.5. The van der Waals surface area contributed by atoms with Gasteiger partial charge in [0, 0.05) is 12.2 Å². The molecule has 136 valence electrons. The molecule has 0 aliphatic heterocycles. The summed E-state index contributed by atoms with van der Waals surface area (Å²) in [6.45, 7) is 7.98. The minimum absolute atomic E-state index is 0.141. The van der Waals surface area contributed by atoms with Crippen LogP contribution in [0.2, 0.25) is 0 Å². The van der Waals surface area contributed by atoms with E-state index < -0.39 is 6.04 Å². The van der Waals surface area contributed by atoms with Gasteiger partial charge in [0.05, 0.1) is 5.69 Å². The van der Waals surface area contributed by atoms with Gasteiger partial charge in [-0.2, -0.15) is 0 Å². The van der Waals surface area contributed by atoms with E-state index in [9.17, 15) is 9.59 Å².